The van der Waals surface area contributed by atoms with Crippen molar-refractivity contribution in [1.82, 2.24) is 5.32 Å². The van der Waals surface area contributed by atoms with E-state index in [1.54, 1.807) is 18.2 Å². The van der Waals surface area contributed by atoms with Crippen LogP contribution in [-0.4, -0.2) is 18.9 Å². The summed E-state index contributed by atoms with van der Waals surface area (Å²) in [5.41, 5.74) is 0.301. The second-order valence-electron chi connectivity index (χ2n) is 5.61. The second kappa shape index (κ2) is 6.48. The molecule has 0 amide bonds. The number of halogens is 4. The Morgan fingerprint density at radius 2 is 1.58 bits per heavy atom. The molecule has 2 aromatic carbocycles. The van der Waals surface area contributed by atoms with Crippen molar-refractivity contribution in [3.63, 3.8) is 0 Å². The first-order valence-electron chi connectivity index (χ1n) is 7.63. The van der Waals surface area contributed by atoms with E-state index in [0.29, 0.717) is 30.1 Å². The quantitative estimate of drug-likeness (QED) is 0.803. The summed E-state index contributed by atoms with van der Waals surface area (Å²) in [4.78, 5) is 3.16. The highest BCUT2D eigenvalue weighted by molar-refractivity contribution is 6.38. The van der Waals surface area contributed by atoms with Crippen LogP contribution in [0.25, 0.3) is 0 Å². The minimum absolute atomic E-state index is 0.346. The predicted molar refractivity (Wildman–Crippen MR) is 89.4 cm³/mol. The smallest absolute Gasteiger partial charge is 0.372 e. The van der Waals surface area contributed by atoms with Crippen LogP contribution in [0.4, 0.5) is 13.2 Å². The van der Waals surface area contributed by atoms with Crippen molar-refractivity contribution in [2.75, 3.05) is 13.1 Å². The fourth-order valence-electron chi connectivity index (χ4n) is 2.78. The zero-order valence-electron chi connectivity index (χ0n) is 12.8. The van der Waals surface area contributed by atoms with Crippen molar-refractivity contribution in [1.29, 1.82) is 0 Å². The SMILES string of the molecule is FC(F)(F)c1cccc(C(Cl)(C2=NCCCN2)c2ccccc2)c1. The van der Waals surface area contributed by atoms with Gasteiger partial charge in [0.05, 0.1) is 5.56 Å². The summed E-state index contributed by atoms with van der Waals surface area (Å²) in [6.07, 6.45) is -3.56. The van der Waals surface area contributed by atoms with E-state index >= 15 is 0 Å². The topological polar surface area (TPSA) is 24.4 Å². The average Bonchev–Trinajstić information content (AvgIpc) is 2.62. The van der Waals surface area contributed by atoms with Crippen molar-refractivity contribution in [3.05, 3.63) is 71.3 Å². The molecular weight excluding hydrogens is 337 g/mol. The van der Waals surface area contributed by atoms with Gasteiger partial charge in [-0.15, -0.1) is 11.6 Å². The van der Waals surface area contributed by atoms with Crippen LogP contribution in [0, 0.1) is 0 Å². The van der Waals surface area contributed by atoms with Crippen molar-refractivity contribution in [3.8, 4) is 0 Å². The molecule has 0 aromatic heterocycles. The first-order chi connectivity index (χ1) is 11.4. The molecule has 1 atom stereocenters. The van der Waals surface area contributed by atoms with Gasteiger partial charge in [0.25, 0.3) is 0 Å². The molecule has 6 heteroatoms. The van der Waals surface area contributed by atoms with Crippen molar-refractivity contribution < 1.29 is 13.2 Å². The van der Waals surface area contributed by atoms with E-state index in [2.05, 4.69) is 10.3 Å². The van der Waals surface area contributed by atoms with Crippen LogP contribution in [0.15, 0.2) is 59.6 Å². The summed E-state index contributed by atoms with van der Waals surface area (Å²) in [6.45, 7) is 1.29. The molecule has 1 aliphatic heterocycles. The monoisotopic (exact) mass is 352 g/mol. The Hall–Kier alpha value is -2.01. The van der Waals surface area contributed by atoms with E-state index in [9.17, 15) is 13.2 Å². The molecule has 0 saturated heterocycles. The second-order valence-corrected chi connectivity index (χ2v) is 6.18. The van der Waals surface area contributed by atoms with Gasteiger partial charge < -0.3 is 5.32 Å². The van der Waals surface area contributed by atoms with Gasteiger partial charge in [-0.2, -0.15) is 13.2 Å². The van der Waals surface area contributed by atoms with Crippen LogP contribution < -0.4 is 5.32 Å². The van der Waals surface area contributed by atoms with Gasteiger partial charge in [-0.05, 0) is 29.7 Å². The standard InChI is InChI=1S/C18H16ClF3N2/c19-17(13-6-2-1-3-7-13,16-23-10-5-11-24-16)14-8-4-9-15(12-14)18(20,21)22/h1-4,6-9,12H,5,10-11H2,(H,23,24). The lowest BCUT2D eigenvalue weighted by Crippen LogP contribution is -2.44. The minimum Gasteiger partial charge on any atom is -0.372 e. The Morgan fingerprint density at radius 3 is 2.21 bits per heavy atom. The molecule has 0 radical (unpaired) electrons. The van der Waals surface area contributed by atoms with Gasteiger partial charge in [0.15, 0.2) is 4.87 Å². The zero-order chi connectivity index (χ0) is 17.2. The van der Waals surface area contributed by atoms with E-state index < -0.39 is 16.6 Å². The Morgan fingerprint density at radius 1 is 0.917 bits per heavy atom. The van der Waals surface area contributed by atoms with E-state index in [1.807, 2.05) is 18.2 Å². The summed E-state index contributed by atoms with van der Waals surface area (Å²) < 4.78 is 39.3. The highest BCUT2D eigenvalue weighted by Gasteiger charge is 2.40. The summed E-state index contributed by atoms with van der Waals surface area (Å²) in [7, 11) is 0. The average molecular weight is 353 g/mol. The number of benzene rings is 2. The molecule has 1 unspecified atom stereocenters. The van der Waals surface area contributed by atoms with Crippen LogP contribution in [0.3, 0.4) is 0 Å². The fourth-order valence-corrected chi connectivity index (χ4v) is 3.15. The van der Waals surface area contributed by atoms with Crippen LogP contribution in [0.2, 0.25) is 0 Å². The normalized spacial score (nSPS) is 17.6. The van der Waals surface area contributed by atoms with Gasteiger partial charge in [-0.25, -0.2) is 0 Å². The molecule has 0 bridgehead atoms. The maximum Gasteiger partial charge on any atom is 0.416 e. The maximum absolute atomic E-state index is 13.1. The Kier molecular flexibility index (Phi) is 4.54. The third-order valence-corrected chi connectivity index (χ3v) is 4.60. The van der Waals surface area contributed by atoms with Gasteiger partial charge >= 0.3 is 6.18 Å². The summed E-state index contributed by atoms with van der Waals surface area (Å²) in [6, 6.07) is 14.2. The van der Waals surface area contributed by atoms with Crippen LogP contribution in [-0.2, 0) is 11.1 Å². The Bertz CT molecular complexity index is 743. The predicted octanol–water partition coefficient (Wildman–Crippen LogP) is 4.58. The lowest BCUT2D eigenvalue weighted by molar-refractivity contribution is -0.137. The molecule has 2 nitrogen and oxygen atoms in total. The van der Waals surface area contributed by atoms with Gasteiger partial charge in [-0.1, -0.05) is 42.5 Å². The molecular formula is C18H16ClF3N2. The first-order valence-corrected chi connectivity index (χ1v) is 8.01. The van der Waals surface area contributed by atoms with Crippen molar-refractivity contribution in [2.24, 2.45) is 4.99 Å². The third kappa shape index (κ3) is 3.13. The molecule has 1 N–H and O–H groups in total. The van der Waals surface area contributed by atoms with E-state index in [0.717, 1.165) is 18.6 Å². The number of aliphatic imine (C=N–C) groups is 1. The van der Waals surface area contributed by atoms with Crippen LogP contribution in [0.5, 0.6) is 0 Å². The molecule has 2 aromatic rings. The number of amidine groups is 1. The lowest BCUT2D eigenvalue weighted by Gasteiger charge is -2.32. The molecule has 1 heterocycles. The van der Waals surface area contributed by atoms with E-state index in [1.165, 1.54) is 6.07 Å². The molecule has 0 aliphatic carbocycles. The summed E-state index contributed by atoms with van der Waals surface area (Å²) >= 11 is 6.93. The summed E-state index contributed by atoms with van der Waals surface area (Å²) in [5, 5.41) is 3.15. The Labute approximate surface area is 143 Å². The number of nitrogens with zero attached hydrogens (tertiary/aromatic N) is 1. The van der Waals surface area contributed by atoms with Gasteiger partial charge in [-0.3, -0.25) is 4.99 Å². The number of alkyl halides is 4. The largest absolute Gasteiger partial charge is 0.416 e. The van der Waals surface area contributed by atoms with Crippen LogP contribution in [0.1, 0.15) is 23.1 Å². The highest BCUT2D eigenvalue weighted by atomic mass is 35.5. The zero-order valence-corrected chi connectivity index (χ0v) is 13.5. The number of hydrogen-bond donors (Lipinski definition) is 1. The highest BCUT2D eigenvalue weighted by Crippen LogP contribution is 2.40. The van der Waals surface area contributed by atoms with Crippen LogP contribution >= 0.6 is 11.6 Å². The number of hydrogen-bond acceptors (Lipinski definition) is 2. The molecule has 3 rings (SSSR count). The van der Waals surface area contributed by atoms with Crippen molar-refractivity contribution in [2.45, 2.75) is 17.5 Å². The molecule has 0 fully saturated rings. The number of rotatable bonds is 3. The maximum atomic E-state index is 13.1. The third-order valence-electron chi connectivity index (χ3n) is 3.98. The van der Waals surface area contributed by atoms with E-state index in [4.69, 9.17) is 11.6 Å². The fraction of sp³-hybridized carbons (Fsp3) is 0.278. The van der Waals surface area contributed by atoms with Crippen molar-refractivity contribution >= 4 is 17.4 Å². The molecule has 1 aliphatic rings. The lowest BCUT2D eigenvalue weighted by atomic mass is 9.87. The number of nitrogens with one attached hydrogen (secondary N) is 1. The first kappa shape index (κ1) is 16.8. The Balaban J connectivity index is 2.17. The summed E-state index contributed by atoms with van der Waals surface area (Å²) in [5.74, 6) is 0.487. The molecule has 0 spiro atoms. The molecule has 0 saturated carbocycles. The minimum atomic E-state index is -4.42. The van der Waals surface area contributed by atoms with Gasteiger partial charge in [0.1, 0.15) is 5.84 Å². The molecule has 24 heavy (non-hydrogen) atoms. The van der Waals surface area contributed by atoms with Gasteiger partial charge in [0.2, 0.25) is 0 Å². The van der Waals surface area contributed by atoms with Gasteiger partial charge in [0, 0.05) is 13.1 Å². The molecule has 126 valence electrons. The van der Waals surface area contributed by atoms with E-state index in [-0.39, 0.29) is 0 Å².